The number of hydrogen-bond donors (Lipinski definition) is 3. The van der Waals surface area contributed by atoms with E-state index in [1.54, 1.807) is 11.3 Å². The molecular formula is C22H32N4O2S. The molecule has 2 aromatic rings. The minimum atomic E-state index is -0.500. The predicted molar refractivity (Wildman–Crippen MR) is 120 cm³/mol. The number of aliphatic imine (C=N–C) groups is 1. The lowest BCUT2D eigenvalue weighted by atomic mass is 10.1. The van der Waals surface area contributed by atoms with Gasteiger partial charge in [-0.3, -0.25) is 9.89 Å². The van der Waals surface area contributed by atoms with Crippen molar-refractivity contribution in [3.63, 3.8) is 0 Å². The lowest BCUT2D eigenvalue weighted by Crippen LogP contribution is -2.46. The molecule has 1 aliphatic rings. The maximum absolute atomic E-state index is 10.4. The normalized spacial score (nSPS) is 17.7. The van der Waals surface area contributed by atoms with Crippen LogP contribution in [0.1, 0.15) is 23.4 Å². The van der Waals surface area contributed by atoms with E-state index in [0.717, 1.165) is 50.9 Å². The Morgan fingerprint density at radius 1 is 1.17 bits per heavy atom. The molecule has 1 fully saturated rings. The van der Waals surface area contributed by atoms with Crippen molar-refractivity contribution < 1.29 is 9.84 Å². The summed E-state index contributed by atoms with van der Waals surface area (Å²) in [5.74, 6) is 0.745. The third-order valence-corrected chi connectivity index (χ3v) is 5.91. The first kappa shape index (κ1) is 21.8. The lowest BCUT2D eigenvalue weighted by Gasteiger charge is -2.34. The van der Waals surface area contributed by atoms with Crippen molar-refractivity contribution in [3.8, 4) is 0 Å². The summed E-state index contributed by atoms with van der Waals surface area (Å²) in [6, 6.07) is 14.6. The summed E-state index contributed by atoms with van der Waals surface area (Å²) in [6.45, 7) is 7.40. The zero-order valence-corrected chi connectivity index (χ0v) is 17.9. The van der Waals surface area contributed by atoms with Gasteiger partial charge < -0.3 is 20.5 Å². The van der Waals surface area contributed by atoms with Crippen molar-refractivity contribution in [3.05, 3.63) is 58.3 Å². The van der Waals surface area contributed by atoms with Crippen LogP contribution in [0.15, 0.2) is 52.8 Å². The average molecular weight is 417 g/mol. The second-order valence-electron chi connectivity index (χ2n) is 7.12. The van der Waals surface area contributed by atoms with E-state index in [0.29, 0.717) is 13.0 Å². The highest BCUT2D eigenvalue weighted by Gasteiger charge is 2.23. The van der Waals surface area contributed by atoms with Crippen LogP contribution in [0.4, 0.5) is 0 Å². The van der Waals surface area contributed by atoms with Crippen molar-refractivity contribution >= 4 is 17.3 Å². The van der Waals surface area contributed by atoms with Crippen LogP contribution in [0, 0.1) is 0 Å². The van der Waals surface area contributed by atoms with Gasteiger partial charge in [0.25, 0.3) is 0 Å². The Hall–Kier alpha value is -1.93. The predicted octanol–water partition coefficient (Wildman–Crippen LogP) is 2.28. The first-order valence-corrected chi connectivity index (χ1v) is 11.2. The number of aliphatic hydroxyl groups excluding tert-OH is 1. The largest absolute Gasteiger partial charge is 0.391 e. The number of morpholine rings is 1. The molecule has 2 heterocycles. The van der Waals surface area contributed by atoms with Crippen LogP contribution in [0.2, 0.25) is 0 Å². The number of thiophene rings is 1. The topological polar surface area (TPSA) is 69.1 Å². The zero-order valence-electron chi connectivity index (χ0n) is 17.1. The fraction of sp³-hybridized carbons (Fsp3) is 0.500. The molecule has 1 aromatic carbocycles. The van der Waals surface area contributed by atoms with Gasteiger partial charge in [-0.05, 0) is 23.9 Å². The molecule has 2 unspecified atom stereocenters. The molecule has 0 amide bonds. The lowest BCUT2D eigenvalue weighted by molar-refractivity contribution is 0.0177. The van der Waals surface area contributed by atoms with E-state index in [1.807, 2.05) is 30.3 Å². The summed E-state index contributed by atoms with van der Waals surface area (Å²) in [5.41, 5.74) is 1.12. The van der Waals surface area contributed by atoms with Crippen LogP contribution in [-0.2, 0) is 11.2 Å². The van der Waals surface area contributed by atoms with Crippen LogP contribution in [0.3, 0.4) is 0 Å². The average Bonchev–Trinajstić information content (AvgIpc) is 3.28. The first-order chi connectivity index (χ1) is 14.3. The van der Waals surface area contributed by atoms with E-state index in [-0.39, 0.29) is 6.04 Å². The van der Waals surface area contributed by atoms with Crippen LogP contribution >= 0.6 is 11.3 Å². The summed E-state index contributed by atoms with van der Waals surface area (Å²) in [5, 5.41) is 19.3. The van der Waals surface area contributed by atoms with Gasteiger partial charge in [0.2, 0.25) is 0 Å². The van der Waals surface area contributed by atoms with Crippen molar-refractivity contribution in [2.75, 3.05) is 45.9 Å². The fourth-order valence-electron chi connectivity index (χ4n) is 3.46. The minimum absolute atomic E-state index is 0.289. The van der Waals surface area contributed by atoms with E-state index >= 15 is 0 Å². The highest BCUT2D eigenvalue weighted by Crippen LogP contribution is 2.25. The first-order valence-electron chi connectivity index (χ1n) is 10.4. The van der Waals surface area contributed by atoms with Crippen LogP contribution < -0.4 is 10.6 Å². The number of nitrogens with zero attached hydrogens (tertiary/aromatic N) is 2. The highest BCUT2D eigenvalue weighted by atomic mass is 32.1. The van der Waals surface area contributed by atoms with Crippen LogP contribution in [0.25, 0.3) is 0 Å². The summed E-state index contributed by atoms with van der Waals surface area (Å²) in [4.78, 5) is 8.43. The molecule has 29 heavy (non-hydrogen) atoms. The molecule has 3 rings (SSSR count). The summed E-state index contributed by atoms with van der Waals surface area (Å²) in [6.07, 6.45) is 0.107. The molecule has 1 saturated heterocycles. The Bertz CT molecular complexity index is 718. The van der Waals surface area contributed by atoms with Gasteiger partial charge in [0.15, 0.2) is 5.96 Å². The van der Waals surface area contributed by atoms with Crippen molar-refractivity contribution in [2.24, 2.45) is 4.99 Å². The Morgan fingerprint density at radius 3 is 2.66 bits per heavy atom. The monoisotopic (exact) mass is 416 g/mol. The second kappa shape index (κ2) is 11.9. The Labute approximate surface area is 177 Å². The van der Waals surface area contributed by atoms with Crippen LogP contribution in [0.5, 0.6) is 0 Å². The number of ether oxygens (including phenoxy) is 1. The van der Waals surface area contributed by atoms with Gasteiger partial charge >= 0.3 is 0 Å². The number of hydrogen-bond acceptors (Lipinski definition) is 5. The van der Waals surface area contributed by atoms with Gasteiger partial charge in [0, 0.05) is 37.5 Å². The highest BCUT2D eigenvalue weighted by molar-refractivity contribution is 7.10. The van der Waals surface area contributed by atoms with Gasteiger partial charge in [-0.25, -0.2) is 0 Å². The van der Waals surface area contributed by atoms with Gasteiger partial charge in [0.05, 0.1) is 31.9 Å². The quantitative estimate of drug-likeness (QED) is 0.432. The third kappa shape index (κ3) is 7.12. The minimum Gasteiger partial charge on any atom is -0.391 e. The number of aliphatic hydroxyl groups is 1. The maximum Gasteiger partial charge on any atom is 0.191 e. The molecule has 0 spiro atoms. The SMILES string of the molecule is CCNC(=NCC(O)Cc1ccccc1)NCC(c1cccs1)N1CCOCC1. The molecule has 6 nitrogen and oxygen atoms in total. The van der Waals surface area contributed by atoms with Crippen LogP contribution in [-0.4, -0.2) is 68.0 Å². The molecule has 1 aromatic heterocycles. The molecule has 0 radical (unpaired) electrons. The van der Waals surface area contributed by atoms with E-state index in [9.17, 15) is 5.11 Å². The Balaban J connectivity index is 1.58. The van der Waals surface area contributed by atoms with Gasteiger partial charge in [-0.15, -0.1) is 11.3 Å². The van der Waals surface area contributed by atoms with E-state index in [4.69, 9.17) is 4.74 Å². The smallest absolute Gasteiger partial charge is 0.191 e. The molecule has 3 N–H and O–H groups in total. The van der Waals surface area contributed by atoms with Gasteiger partial charge in [-0.2, -0.15) is 0 Å². The summed E-state index contributed by atoms with van der Waals surface area (Å²) < 4.78 is 5.52. The molecule has 0 bridgehead atoms. The molecule has 0 saturated carbocycles. The summed E-state index contributed by atoms with van der Waals surface area (Å²) in [7, 11) is 0. The fourth-order valence-corrected chi connectivity index (χ4v) is 4.32. The number of guanidine groups is 1. The van der Waals surface area contributed by atoms with Crippen molar-refractivity contribution in [1.82, 2.24) is 15.5 Å². The van der Waals surface area contributed by atoms with Crippen molar-refractivity contribution in [1.29, 1.82) is 0 Å². The Morgan fingerprint density at radius 2 is 1.97 bits per heavy atom. The Kier molecular flexibility index (Phi) is 8.95. The zero-order chi connectivity index (χ0) is 20.3. The molecular weight excluding hydrogens is 384 g/mol. The van der Waals surface area contributed by atoms with E-state index < -0.39 is 6.10 Å². The molecule has 1 aliphatic heterocycles. The molecule has 2 atom stereocenters. The van der Waals surface area contributed by atoms with E-state index in [1.165, 1.54) is 4.88 Å². The van der Waals surface area contributed by atoms with Crippen molar-refractivity contribution in [2.45, 2.75) is 25.5 Å². The standard InChI is InChI=1S/C22H32N4O2S/c1-2-23-22(24-16-19(27)15-18-7-4-3-5-8-18)25-17-20(21-9-6-14-29-21)26-10-12-28-13-11-26/h3-9,14,19-20,27H,2,10-13,15-17H2,1H3,(H2,23,24,25). The van der Waals surface area contributed by atoms with E-state index in [2.05, 4.69) is 45.0 Å². The number of nitrogens with one attached hydrogen (secondary N) is 2. The molecule has 158 valence electrons. The second-order valence-corrected chi connectivity index (χ2v) is 8.10. The van der Waals surface area contributed by atoms with Gasteiger partial charge in [-0.1, -0.05) is 36.4 Å². The maximum atomic E-state index is 10.4. The summed E-state index contributed by atoms with van der Waals surface area (Å²) >= 11 is 1.79. The van der Waals surface area contributed by atoms with Gasteiger partial charge in [0.1, 0.15) is 0 Å². The third-order valence-electron chi connectivity index (χ3n) is 4.94. The number of rotatable bonds is 9. The number of benzene rings is 1. The molecule has 7 heteroatoms. The molecule has 0 aliphatic carbocycles.